The van der Waals surface area contributed by atoms with Crippen LogP contribution in [-0.4, -0.2) is 64.4 Å². The van der Waals surface area contributed by atoms with Gasteiger partial charge in [0, 0.05) is 31.8 Å². The van der Waals surface area contributed by atoms with E-state index < -0.39 is 25.9 Å². The number of fused-ring (bicyclic) bond motifs is 1. The van der Waals surface area contributed by atoms with Crippen LogP contribution in [0.25, 0.3) is 22.2 Å². The molecular weight excluding hydrogens is 506 g/mol. The summed E-state index contributed by atoms with van der Waals surface area (Å²) in [6.07, 6.45) is 5.77. The van der Waals surface area contributed by atoms with E-state index in [1.54, 1.807) is 13.2 Å². The van der Waals surface area contributed by atoms with Crippen molar-refractivity contribution >= 4 is 36.8 Å². The predicted molar refractivity (Wildman–Crippen MR) is 143 cm³/mol. The Morgan fingerprint density at radius 2 is 1.92 bits per heavy atom. The molecule has 0 radical (unpaired) electrons. The van der Waals surface area contributed by atoms with Gasteiger partial charge in [0.05, 0.1) is 18.9 Å². The molecule has 2 saturated carbocycles. The number of carboxylic acids is 1. The van der Waals surface area contributed by atoms with Gasteiger partial charge >= 0.3 is 5.97 Å². The zero-order valence-electron chi connectivity index (χ0n) is 22.1. The molecule has 5 rings (SSSR count). The van der Waals surface area contributed by atoms with Crippen LogP contribution in [0.3, 0.4) is 0 Å². The molecule has 2 atom stereocenters. The smallest absolute Gasteiger partial charge is 0.307 e. The van der Waals surface area contributed by atoms with E-state index >= 15 is 0 Å². The second-order valence-electron chi connectivity index (χ2n) is 11.1. The number of rotatable bonds is 12. The average molecular weight is 540 g/mol. The van der Waals surface area contributed by atoms with Crippen LogP contribution in [0.1, 0.15) is 19.3 Å². The number of aromatic nitrogens is 4. The molecule has 3 aromatic heterocycles. The van der Waals surface area contributed by atoms with E-state index in [-0.39, 0.29) is 18.7 Å². The number of amides is 1. The Morgan fingerprint density at radius 1 is 1.16 bits per heavy atom. The number of hydrogen-bond donors (Lipinski definition) is 2. The number of carboxylic acid groups (broad SMARTS) is 1. The van der Waals surface area contributed by atoms with E-state index in [9.17, 15) is 9.59 Å². The predicted octanol–water partition coefficient (Wildman–Crippen LogP) is 4.01. The summed E-state index contributed by atoms with van der Waals surface area (Å²) in [5.41, 5.74) is 2.01. The summed E-state index contributed by atoms with van der Waals surface area (Å²) < 4.78 is 19.6. The lowest BCUT2D eigenvalue weighted by molar-refractivity contribution is -0.139. The number of carbonyl (C=O) groups excluding carboxylic acids is 1. The molecule has 2 aliphatic carbocycles. The molecule has 12 heteroatoms. The Hall–Kier alpha value is -3.51. The molecule has 3 heterocycles. The first-order valence-electron chi connectivity index (χ1n) is 12.8. The maximum absolute atomic E-state index is 12.6. The Morgan fingerprint density at radius 3 is 2.58 bits per heavy atom. The number of anilines is 1. The van der Waals surface area contributed by atoms with Crippen LogP contribution >= 0.6 is 0 Å². The number of pyridine rings is 1. The van der Waals surface area contributed by atoms with Crippen LogP contribution in [0.2, 0.25) is 25.7 Å². The SMILES string of the molecule is COc1ncnc(OC2CC2)c1-c1cn(COCC[Si](C)(C)C)c2nc(NC(=O)C3CC3C(=O)O)ccc12. The van der Waals surface area contributed by atoms with E-state index in [0.717, 1.165) is 29.8 Å². The molecule has 0 aromatic carbocycles. The first kappa shape index (κ1) is 26.1. The highest BCUT2D eigenvalue weighted by molar-refractivity contribution is 6.76. The zero-order valence-corrected chi connectivity index (χ0v) is 23.1. The van der Waals surface area contributed by atoms with Crippen LogP contribution in [0.4, 0.5) is 5.82 Å². The van der Waals surface area contributed by atoms with Crippen molar-refractivity contribution in [1.82, 2.24) is 19.5 Å². The molecule has 38 heavy (non-hydrogen) atoms. The quantitative estimate of drug-likeness (QED) is 0.258. The number of aliphatic carboxylic acids is 1. The second-order valence-corrected chi connectivity index (χ2v) is 16.7. The molecular formula is C26H33N5O6Si. The minimum absolute atomic E-state index is 0.128. The Balaban J connectivity index is 1.49. The van der Waals surface area contributed by atoms with Gasteiger partial charge in [-0.25, -0.2) is 15.0 Å². The fourth-order valence-corrected chi connectivity index (χ4v) is 4.98. The van der Waals surface area contributed by atoms with Crippen molar-refractivity contribution in [2.45, 2.75) is 57.8 Å². The van der Waals surface area contributed by atoms with Crippen molar-refractivity contribution in [3.8, 4) is 22.9 Å². The molecule has 2 fully saturated rings. The van der Waals surface area contributed by atoms with E-state index in [1.165, 1.54) is 6.33 Å². The van der Waals surface area contributed by atoms with Crippen molar-refractivity contribution in [2.75, 3.05) is 19.0 Å². The van der Waals surface area contributed by atoms with Crippen LogP contribution in [-0.2, 0) is 21.1 Å². The van der Waals surface area contributed by atoms with Gasteiger partial charge in [-0.15, -0.1) is 0 Å². The number of ether oxygens (including phenoxy) is 3. The van der Waals surface area contributed by atoms with Gasteiger partial charge in [-0.2, -0.15) is 0 Å². The Bertz CT molecular complexity index is 1370. The van der Waals surface area contributed by atoms with Gasteiger partial charge in [-0.1, -0.05) is 19.6 Å². The summed E-state index contributed by atoms with van der Waals surface area (Å²) in [5.74, 6) is -1.28. The van der Waals surface area contributed by atoms with E-state index in [1.807, 2.05) is 16.8 Å². The summed E-state index contributed by atoms with van der Waals surface area (Å²) >= 11 is 0. The fourth-order valence-electron chi connectivity index (χ4n) is 4.22. The Kier molecular flexibility index (Phi) is 7.10. The minimum Gasteiger partial charge on any atom is -0.481 e. The zero-order chi connectivity index (χ0) is 27.0. The first-order valence-corrected chi connectivity index (χ1v) is 16.5. The Labute approximate surface area is 221 Å². The van der Waals surface area contributed by atoms with Gasteiger partial charge in [-0.3, -0.25) is 9.59 Å². The molecule has 2 aliphatic rings. The number of nitrogens with zero attached hydrogens (tertiary/aromatic N) is 4. The van der Waals surface area contributed by atoms with Crippen molar-refractivity contribution < 1.29 is 28.9 Å². The highest BCUT2D eigenvalue weighted by Crippen LogP contribution is 2.42. The van der Waals surface area contributed by atoms with Gasteiger partial charge in [0.15, 0.2) is 0 Å². The van der Waals surface area contributed by atoms with Gasteiger partial charge in [0.1, 0.15) is 36.2 Å². The standard InChI is InChI=1S/C26H33N5O6Si/c1-35-24-21(25(28-13-27-24)37-15-5-6-15)19-12-31(14-36-9-10-38(2,3)4)22-16(19)7-8-20(29-22)30-23(32)17-11-18(17)26(33)34/h7-8,12-13,15,17-18H,5-6,9-11,14H2,1-4H3,(H,33,34)(H,29,30,32). The van der Waals surface area contributed by atoms with E-state index in [2.05, 4.69) is 34.9 Å². The van der Waals surface area contributed by atoms with Crippen molar-refractivity contribution in [2.24, 2.45) is 11.8 Å². The van der Waals surface area contributed by atoms with Crippen molar-refractivity contribution in [3.63, 3.8) is 0 Å². The summed E-state index contributed by atoms with van der Waals surface area (Å²) in [5, 5.41) is 12.7. The monoisotopic (exact) mass is 539 g/mol. The van der Waals surface area contributed by atoms with Gasteiger partial charge < -0.3 is 29.2 Å². The van der Waals surface area contributed by atoms with Crippen molar-refractivity contribution in [1.29, 1.82) is 0 Å². The third-order valence-electron chi connectivity index (χ3n) is 6.69. The van der Waals surface area contributed by atoms with E-state index in [0.29, 0.717) is 41.8 Å². The summed E-state index contributed by atoms with van der Waals surface area (Å²) in [7, 11) is 0.294. The molecule has 2 N–H and O–H groups in total. The molecule has 0 bridgehead atoms. The number of nitrogens with one attached hydrogen (secondary N) is 1. The average Bonchev–Trinajstić information content (AvgIpc) is 3.79. The molecule has 1 amide bonds. The van der Waals surface area contributed by atoms with Crippen molar-refractivity contribution in [3.05, 3.63) is 24.7 Å². The maximum atomic E-state index is 12.6. The first-order chi connectivity index (χ1) is 18.1. The molecule has 202 valence electrons. The lowest BCUT2D eigenvalue weighted by Gasteiger charge is -2.15. The second kappa shape index (κ2) is 10.3. The third kappa shape index (κ3) is 5.81. The highest BCUT2D eigenvalue weighted by atomic mass is 28.3. The van der Waals surface area contributed by atoms with Crippen LogP contribution in [0, 0.1) is 11.8 Å². The summed E-state index contributed by atoms with van der Waals surface area (Å²) in [4.78, 5) is 37.2. The molecule has 0 aliphatic heterocycles. The highest BCUT2D eigenvalue weighted by Gasteiger charge is 2.48. The molecule has 0 spiro atoms. The normalized spacial score (nSPS) is 18.8. The lowest BCUT2D eigenvalue weighted by atomic mass is 10.1. The molecule has 3 aromatic rings. The fraction of sp³-hybridized carbons (Fsp3) is 0.500. The van der Waals surface area contributed by atoms with Gasteiger partial charge in [0.2, 0.25) is 17.7 Å². The number of carbonyl (C=O) groups is 2. The van der Waals surface area contributed by atoms with Crippen LogP contribution in [0.15, 0.2) is 24.7 Å². The summed E-state index contributed by atoms with van der Waals surface area (Å²) in [6.45, 7) is 7.80. The molecule has 0 saturated heterocycles. The molecule has 2 unspecified atom stereocenters. The number of methoxy groups -OCH3 is 1. The van der Waals surface area contributed by atoms with Gasteiger partial charge in [0.25, 0.3) is 0 Å². The molecule has 11 nitrogen and oxygen atoms in total. The van der Waals surface area contributed by atoms with Crippen LogP contribution in [0.5, 0.6) is 11.8 Å². The summed E-state index contributed by atoms with van der Waals surface area (Å²) in [6, 6.07) is 4.59. The van der Waals surface area contributed by atoms with E-state index in [4.69, 9.17) is 24.3 Å². The van der Waals surface area contributed by atoms with Gasteiger partial charge in [-0.05, 0) is 37.4 Å². The number of hydrogen-bond acceptors (Lipinski definition) is 8. The topological polar surface area (TPSA) is 138 Å². The van der Waals surface area contributed by atoms with Crippen LogP contribution < -0.4 is 14.8 Å². The minimum atomic E-state index is -1.26. The maximum Gasteiger partial charge on any atom is 0.307 e. The third-order valence-corrected chi connectivity index (χ3v) is 8.39. The lowest BCUT2D eigenvalue weighted by Crippen LogP contribution is -2.22. The largest absolute Gasteiger partial charge is 0.481 e.